The van der Waals surface area contributed by atoms with Crippen LogP contribution in [0.5, 0.6) is 0 Å². The SMILES string of the molecule is CN(C)CC1(O)CCN(C(=O)c2ccc(-c3nc4ccccc4[nH]3)cc2)C1. The molecule has 4 rings (SSSR count). The van der Waals surface area contributed by atoms with E-state index in [0.717, 1.165) is 22.4 Å². The van der Waals surface area contributed by atoms with Crippen LogP contribution in [-0.4, -0.2) is 70.1 Å². The molecule has 2 heterocycles. The first kappa shape index (κ1) is 17.7. The molecule has 1 fully saturated rings. The molecule has 1 aliphatic rings. The van der Waals surface area contributed by atoms with E-state index in [4.69, 9.17) is 0 Å². The second kappa shape index (κ2) is 6.79. The summed E-state index contributed by atoms with van der Waals surface area (Å²) in [5.41, 5.74) is 2.65. The largest absolute Gasteiger partial charge is 0.387 e. The van der Waals surface area contributed by atoms with Crippen LogP contribution < -0.4 is 0 Å². The molecule has 0 saturated carbocycles. The average Bonchev–Trinajstić information content (AvgIpc) is 3.24. The number of rotatable bonds is 4. The summed E-state index contributed by atoms with van der Waals surface area (Å²) in [6, 6.07) is 15.4. The van der Waals surface area contributed by atoms with Crippen LogP contribution in [0.2, 0.25) is 0 Å². The van der Waals surface area contributed by atoms with E-state index in [1.165, 1.54) is 0 Å². The minimum atomic E-state index is -0.826. The van der Waals surface area contributed by atoms with Crippen LogP contribution in [0.1, 0.15) is 16.8 Å². The third-order valence-electron chi connectivity index (χ3n) is 5.02. The Morgan fingerprint density at radius 3 is 2.67 bits per heavy atom. The number of nitrogens with zero attached hydrogens (tertiary/aromatic N) is 3. The number of hydrogen-bond donors (Lipinski definition) is 2. The highest BCUT2D eigenvalue weighted by Gasteiger charge is 2.38. The normalized spacial score (nSPS) is 19.9. The molecule has 1 aliphatic heterocycles. The van der Waals surface area contributed by atoms with Crippen LogP contribution >= 0.6 is 0 Å². The third-order valence-corrected chi connectivity index (χ3v) is 5.02. The highest BCUT2D eigenvalue weighted by atomic mass is 16.3. The predicted molar refractivity (Wildman–Crippen MR) is 106 cm³/mol. The highest BCUT2D eigenvalue weighted by molar-refractivity contribution is 5.95. The first-order chi connectivity index (χ1) is 12.9. The van der Waals surface area contributed by atoms with Crippen LogP contribution in [0.3, 0.4) is 0 Å². The minimum Gasteiger partial charge on any atom is -0.387 e. The fraction of sp³-hybridized carbons (Fsp3) is 0.333. The van der Waals surface area contributed by atoms with Crippen molar-refractivity contribution < 1.29 is 9.90 Å². The van der Waals surface area contributed by atoms with Gasteiger partial charge in [-0.05, 0) is 44.8 Å². The van der Waals surface area contributed by atoms with E-state index in [0.29, 0.717) is 31.6 Å². The Hall–Kier alpha value is -2.70. The van der Waals surface area contributed by atoms with Crippen molar-refractivity contribution in [2.24, 2.45) is 0 Å². The van der Waals surface area contributed by atoms with Crippen molar-refractivity contribution in [3.63, 3.8) is 0 Å². The molecule has 1 saturated heterocycles. The van der Waals surface area contributed by atoms with E-state index in [2.05, 4.69) is 9.97 Å². The van der Waals surface area contributed by atoms with Crippen LogP contribution in [0.25, 0.3) is 22.4 Å². The van der Waals surface area contributed by atoms with Gasteiger partial charge in [-0.15, -0.1) is 0 Å². The number of amides is 1. The Kier molecular flexibility index (Phi) is 4.45. The van der Waals surface area contributed by atoms with Crippen molar-refractivity contribution in [1.82, 2.24) is 19.8 Å². The second-order valence-corrected chi connectivity index (χ2v) is 7.62. The minimum absolute atomic E-state index is 0.0409. The number of nitrogens with one attached hydrogen (secondary N) is 1. The van der Waals surface area contributed by atoms with Gasteiger partial charge in [-0.2, -0.15) is 0 Å². The van der Waals surface area contributed by atoms with E-state index in [1.807, 2.05) is 67.5 Å². The van der Waals surface area contributed by atoms with E-state index in [1.54, 1.807) is 4.90 Å². The molecule has 2 aromatic carbocycles. The maximum atomic E-state index is 12.8. The molecule has 2 N–H and O–H groups in total. The van der Waals surface area contributed by atoms with Crippen LogP contribution in [0.15, 0.2) is 48.5 Å². The van der Waals surface area contributed by atoms with Crippen LogP contribution in [0.4, 0.5) is 0 Å². The molecule has 1 amide bonds. The lowest BCUT2D eigenvalue weighted by molar-refractivity contribution is 0.0236. The molecule has 0 bridgehead atoms. The molecule has 1 aromatic heterocycles. The number of aromatic nitrogens is 2. The number of aromatic amines is 1. The maximum Gasteiger partial charge on any atom is 0.253 e. The van der Waals surface area contributed by atoms with Crippen molar-refractivity contribution in [2.75, 3.05) is 33.7 Å². The molecule has 140 valence electrons. The van der Waals surface area contributed by atoms with Gasteiger partial charge in [0.25, 0.3) is 5.91 Å². The summed E-state index contributed by atoms with van der Waals surface area (Å²) in [4.78, 5) is 24.4. The number of carbonyl (C=O) groups is 1. The number of benzene rings is 2. The molecule has 6 heteroatoms. The lowest BCUT2D eigenvalue weighted by atomic mass is 10.0. The fourth-order valence-electron chi connectivity index (χ4n) is 3.79. The Bertz CT molecular complexity index is 931. The van der Waals surface area contributed by atoms with E-state index >= 15 is 0 Å². The van der Waals surface area contributed by atoms with E-state index < -0.39 is 5.60 Å². The topological polar surface area (TPSA) is 72.5 Å². The fourth-order valence-corrected chi connectivity index (χ4v) is 3.79. The number of aliphatic hydroxyl groups is 1. The van der Waals surface area contributed by atoms with Crippen LogP contribution in [0, 0.1) is 0 Å². The van der Waals surface area contributed by atoms with Gasteiger partial charge in [-0.1, -0.05) is 24.3 Å². The molecular formula is C21H24N4O2. The van der Waals surface area contributed by atoms with Gasteiger partial charge in [0.1, 0.15) is 5.82 Å². The summed E-state index contributed by atoms with van der Waals surface area (Å²) in [6.07, 6.45) is 0.605. The predicted octanol–water partition coefficient (Wildman–Crippen LogP) is 2.37. The smallest absolute Gasteiger partial charge is 0.253 e. The highest BCUT2D eigenvalue weighted by Crippen LogP contribution is 2.25. The van der Waals surface area contributed by atoms with Gasteiger partial charge < -0.3 is 19.9 Å². The van der Waals surface area contributed by atoms with Crippen LogP contribution in [-0.2, 0) is 0 Å². The zero-order valence-corrected chi connectivity index (χ0v) is 15.6. The lowest BCUT2D eigenvalue weighted by Crippen LogP contribution is -2.43. The number of likely N-dealkylation sites (N-methyl/N-ethyl adjacent to an activating group) is 1. The maximum absolute atomic E-state index is 12.8. The number of imidazole rings is 1. The molecule has 1 atom stereocenters. The Morgan fingerprint density at radius 1 is 1.22 bits per heavy atom. The number of β-amino-alcohol motifs (C(OH)–C–C–N with tert-alkyl or cyclic N) is 1. The summed E-state index contributed by atoms with van der Waals surface area (Å²) in [6.45, 7) is 1.51. The van der Waals surface area contributed by atoms with Gasteiger partial charge in [0.2, 0.25) is 0 Å². The molecule has 6 nitrogen and oxygen atoms in total. The second-order valence-electron chi connectivity index (χ2n) is 7.62. The van der Waals surface area contributed by atoms with Crippen molar-refractivity contribution >= 4 is 16.9 Å². The van der Waals surface area contributed by atoms with Gasteiger partial charge in [0.15, 0.2) is 0 Å². The Morgan fingerprint density at radius 2 is 1.96 bits per heavy atom. The van der Waals surface area contributed by atoms with Crippen molar-refractivity contribution in [3.8, 4) is 11.4 Å². The lowest BCUT2D eigenvalue weighted by Gasteiger charge is -2.26. The van der Waals surface area contributed by atoms with E-state index in [-0.39, 0.29) is 5.91 Å². The number of fused-ring (bicyclic) bond motifs is 1. The van der Waals surface area contributed by atoms with E-state index in [9.17, 15) is 9.90 Å². The quantitative estimate of drug-likeness (QED) is 0.746. The van der Waals surface area contributed by atoms with Gasteiger partial charge in [0.05, 0.1) is 23.2 Å². The van der Waals surface area contributed by atoms with Gasteiger partial charge in [0, 0.05) is 24.2 Å². The summed E-state index contributed by atoms with van der Waals surface area (Å²) < 4.78 is 0. The summed E-state index contributed by atoms with van der Waals surface area (Å²) in [7, 11) is 3.86. The van der Waals surface area contributed by atoms with Gasteiger partial charge >= 0.3 is 0 Å². The van der Waals surface area contributed by atoms with Crippen molar-refractivity contribution in [1.29, 1.82) is 0 Å². The van der Waals surface area contributed by atoms with Crippen molar-refractivity contribution in [3.05, 3.63) is 54.1 Å². The van der Waals surface area contributed by atoms with Gasteiger partial charge in [-0.3, -0.25) is 4.79 Å². The number of likely N-dealkylation sites (tertiary alicyclic amines) is 1. The molecular weight excluding hydrogens is 340 g/mol. The number of para-hydroxylation sites is 2. The average molecular weight is 364 g/mol. The summed E-state index contributed by atoms with van der Waals surface area (Å²) in [5, 5.41) is 10.6. The monoisotopic (exact) mass is 364 g/mol. The number of H-pyrrole nitrogens is 1. The summed E-state index contributed by atoms with van der Waals surface area (Å²) in [5.74, 6) is 0.748. The molecule has 0 radical (unpaired) electrons. The first-order valence-electron chi connectivity index (χ1n) is 9.15. The number of carbonyl (C=O) groups excluding carboxylic acids is 1. The van der Waals surface area contributed by atoms with Crippen molar-refractivity contribution in [2.45, 2.75) is 12.0 Å². The molecule has 3 aromatic rings. The third kappa shape index (κ3) is 3.59. The Balaban J connectivity index is 1.50. The molecule has 0 spiro atoms. The summed E-state index contributed by atoms with van der Waals surface area (Å²) >= 11 is 0. The first-order valence-corrected chi connectivity index (χ1v) is 9.15. The molecule has 0 aliphatic carbocycles. The molecule has 27 heavy (non-hydrogen) atoms. The zero-order chi connectivity index (χ0) is 19.0. The number of hydrogen-bond acceptors (Lipinski definition) is 4. The molecule has 1 unspecified atom stereocenters. The standard InChI is InChI=1S/C21H24N4O2/c1-24(2)13-21(27)11-12-25(14-21)20(26)16-9-7-15(8-10-16)19-22-17-5-3-4-6-18(17)23-19/h3-10,27H,11-14H2,1-2H3,(H,22,23). The zero-order valence-electron chi connectivity index (χ0n) is 15.6. The Labute approximate surface area is 158 Å². The van der Waals surface area contributed by atoms with Gasteiger partial charge in [-0.25, -0.2) is 4.98 Å².